The van der Waals surface area contributed by atoms with Crippen molar-refractivity contribution in [1.82, 2.24) is 9.78 Å². The van der Waals surface area contributed by atoms with Crippen molar-refractivity contribution in [3.8, 4) is 0 Å². The molecule has 0 spiro atoms. The third-order valence-corrected chi connectivity index (χ3v) is 2.94. The van der Waals surface area contributed by atoms with Gasteiger partial charge in [0.05, 0.1) is 5.69 Å². The van der Waals surface area contributed by atoms with Crippen LogP contribution in [0.25, 0.3) is 0 Å². The molecule has 0 radical (unpaired) electrons. The molecule has 0 atom stereocenters. The Hall–Kier alpha value is -1.85. The molecule has 0 aliphatic heterocycles. The highest BCUT2D eigenvalue weighted by Gasteiger charge is 2.35. The van der Waals surface area contributed by atoms with Crippen LogP contribution in [0.5, 0.6) is 0 Å². The van der Waals surface area contributed by atoms with Gasteiger partial charge in [-0.3, -0.25) is 9.48 Å². The van der Waals surface area contributed by atoms with Gasteiger partial charge in [0.1, 0.15) is 0 Å². The quantitative estimate of drug-likeness (QED) is 0.898. The van der Waals surface area contributed by atoms with E-state index in [0.29, 0.717) is 12.2 Å². The number of hydrogen-bond donors (Lipinski definition) is 1. The molecule has 2 rings (SSSR count). The van der Waals surface area contributed by atoms with Crippen LogP contribution in [-0.4, -0.2) is 33.3 Å². The van der Waals surface area contributed by atoms with Gasteiger partial charge in [0.2, 0.25) is 5.91 Å². The van der Waals surface area contributed by atoms with E-state index in [2.05, 4.69) is 5.10 Å². The number of nitrogens with zero attached hydrogens (tertiary/aromatic N) is 3. The van der Waals surface area contributed by atoms with E-state index in [1.165, 1.54) is 4.68 Å². The summed E-state index contributed by atoms with van der Waals surface area (Å²) in [6.07, 6.45) is 4.19. The largest absolute Gasteiger partial charge is 0.476 e. The second-order valence-electron chi connectivity index (χ2n) is 4.61. The maximum Gasteiger partial charge on any atom is 0.358 e. The minimum absolute atomic E-state index is 0.0207. The van der Waals surface area contributed by atoms with Crippen molar-refractivity contribution in [2.45, 2.75) is 40.0 Å². The van der Waals surface area contributed by atoms with E-state index in [1.54, 1.807) is 18.1 Å². The first-order valence-corrected chi connectivity index (χ1v) is 7.13. The number of aromatic carboxylic acids is 1. The van der Waals surface area contributed by atoms with E-state index in [0.717, 1.165) is 19.3 Å². The van der Waals surface area contributed by atoms with Crippen LogP contribution in [0.4, 0.5) is 5.69 Å². The lowest BCUT2D eigenvalue weighted by atomic mass is 10.2. The van der Waals surface area contributed by atoms with Crippen molar-refractivity contribution in [3.05, 3.63) is 11.9 Å². The van der Waals surface area contributed by atoms with Crippen LogP contribution in [0.2, 0.25) is 0 Å². The second kappa shape index (κ2) is 7.07. The van der Waals surface area contributed by atoms with E-state index in [9.17, 15) is 9.59 Å². The summed E-state index contributed by atoms with van der Waals surface area (Å²) < 4.78 is 1.43. The Bertz CT molecular complexity index is 478. The number of aryl methyl sites for hydroxylation is 1. The summed E-state index contributed by atoms with van der Waals surface area (Å²) in [6.45, 7) is 6.49. The molecule has 0 bridgehead atoms. The number of hydrogen-bond acceptors (Lipinski definition) is 3. The van der Waals surface area contributed by atoms with Gasteiger partial charge in [0, 0.05) is 25.7 Å². The van der Waals surface area contributed by atoms with Gasteiger partial charge in [-0.2, -0.15) is 5.10 Å². The van der Waals surface area contributed by atoms with Crippen LogP contribution in [0.1, 0.15) is 50.5 Å². The molecular formula is C14H23N3O3. The third-order valence-electron chi connectivity index (χ3n) is 2.94. The zero-order valence-corrected chi connectivity index (χ0v) is 12.6. The molecule has 1 heterocycles. The fourth-order valence-electron chi connectivity index (χ4n) is 1.95. The highest BCUT2D eigenvalue weighted by molar-refractivity contribution is 6.02. The first kappa shape index (κ1) is 16.2. The summed E-state index contributed by atoms with van der Waals surface area (Å²) in [5.41, 5.74) is 0.351. The maximum atomic E-state index is 12.2. The second-order valence-corrected chi connectivity index (χ2v) is 4.61. The Morgan fingerprint density at radius 3 is 2.50 bits per heavy atom. The number of amides is 1. The highest BCUT2D eigenvalue weighted by Crippen LogP contribution is 2.33. The van der Waals surface area contributed by atoms with Crippen LogP contribution in [0.15, 0.2) is 6.20 Å². The Morgan fingerprint density at radius 2 is 2.05 bits per heavy atom. The molecule has 0 unspecified atom stereocenters. The lowest BCUT2D eigenvalue weighted by Crippen LogP contribution is -2.33. The molecule has 1 amide bonds. The van der Waals surface area contributed by atoms with Crippen molar-refractivity contribution in [1.29, 1.82) is 0 Å². The number of carbonyl (C=O) groups is 2. The van der Waals surface area contributed by atoms with Crippen LogP contribution in [0, 0.1) is 5.92 Å². The molecule has 1 N–H and O–H groups in total. The molecule has 1 aromatic rings. The number of carbonyl (C=O) groups excluding carboxylic acids is 1. The Morgan fingerprint density at radius 1 is 1.45 bits per heavy atom. The fraction of sp³-hybridized carbons (Fsp3) is 0.643. The monoisotopic (exact) mass is 281 g/mol. The fourth-order valence-corrected chi connectivity index (χ4v) is 1.95. The number of carboxylic acids is 1. The number of rotatable bonds is 5. The molecule has 1 aliphatic rings. The molecule has 0 aromatic carbocycles. The molecule has 6 heteroatoms. The van der Waals surface area contributed by atoms with Gasteiger partial charge in [0.25, 0.3) is 0 Å². The minimum Gasteiger partial charge on any atom is -0.476 e. The van der Waals surface area contributed by atoms with Gasteiger partial charge in [-0.05, 0) is 19.3 Å². The SMILES string of the molecule is CC.CCCN(C(=O)C1CC1)c1cn(C)nc1C(=O)O. The summed E-state index contributed by atoms with van der Waals surface area (Å²) in [4.78, 5) is 24.9. The minimum atomic E-state index is -1.10. The molecule has 1 saturated carbocycles. The van der Waals surface area contributed by atoms with Crippen LogP contribution in [-0.2, 0) is 11.8 Å². The topological polar surface area (TPSA) is 75.4 Å². The molecule has 1 aromatic heterocycles. The summed E-state index contributed by atoms with van der Waals surface area (Å²) in [7, 11) is 1.65. The molecule has 20 heavy (non-hydrogen) atoms. The number of anilines is 1. The first-order chi connectivity index (χ1) is 9.54. The molecule has 0 saturated heterocycles. The summed E-state index contributed by atoms with van der Waals surface area (Å²) in [6, 6.07) is 0. The maximum absolute atomic E-state index is 12.2. The molecule has 6 nitrogen and oxygen atoms in total. The van der Waals surface area contributed by atoms with Crippen LogP contribution < -0.4 is 4.90 Å². The van der Waals surface area contributed by atoms with Gasteiger partial charge >= 0.3 is 5.97 Å². The van der Waals surface area contributed by atoms with Crippen LogP contribution in [0.3, 0.4) is 0 Å². The normalized spacial score (nSPS) is 13.4. The van der Waals surface area contributed by atoms with E-state index in [-0.39, 0.29) is 17.5 Å². The smallest absolute Gasteiger partial charge is 0.358 e. The van der Waals surface area contributed by atoms with Crippen molar-refractivity contribution >= 4 is 17.6 Å². The standard InChI is InChI=1S/C12H17N3O3.C2H6/c1-3-6-15(11(16)8-4-5-8)9-7-14(2)13-10(9)12(17)18;1-2/h7-8H,3-6H2,1-2H3,(H,17,18);1-2H3. The lowest BCUT2D eigenvalue weighted by molar-refractivity contribution is -0.119. The first-order valence-electron chi connectivity index (χ1n) is 7.13. The lowest BCUT2D eigenvalue weighted by Gasteiger charge is -2.21. The van der Waals surface area contributed by atoms with Gasteiger partial charge < -0.3 is 10.0 Å². The molecule has 112 valence electrons. The zero-order chi connectivity index (χ0) is 15.3. The third kappa shape index (κ3) is 3.59. The van der Waals surface area contributed by atoms with E-state index in [4.69, 9.17) is 5.11 Å². The van der Waals surface area contributed by atoms with Gasteiger partial charge in [-0.25, -0.2) is 4.79 Å². The van der Waals surface area contributed by atoms with E-state index >= 15 is 0 Å². The van der Waals surface area contributed by atoms with E-state index in [1.807, 2.05) is 20.8 Å². The van der Waals surface area contributed by atoms with Crippen molar-refractivity contribution in [2.24, 2.45) is 13.0 Å². The van der Waals surface area contributed by atoms with Gasteiger partial charge in [0.15, 0.2) is 5.69 Å². The van der Waals surface area contributed by atoms with Gasteiger partial charge in [-0.1, -0.05) is 20.8 Å². The molecular weight excluding hydrogens is 258 g/mol. The molecule has 1 aliphatic carbocycles. The number of carboxylic acid groups (broad SMARTS) is 1. The van der Waals surface area contributed by atoms with E-state index < -0.39 is 5.97 Å². The summed E-state index contributed by atoms with van der Waals surface area (Å²) in [5.74, 6) is -1.01. The predicted molar refractivity (Wildman–Crippen MR) is 76.9 cm³/mol. The Kier molecular flexibility index (Phi) is 5.73. The van der Waals surface area contributed by atoms with Crippen molar-refractivity contribution < 1.29 is 14.7 Å². The summed E-state index contributed by atoms with van der Waals surface area (Å²) >= 11 is 0. The predicted octanol–water partition coefficient (Wildman–Crippen LogP) is 2.30. The Balaban J connectivity index is 0.000000956. The van der Waals surface area contributed by atoms with Crippen LogP contribution >= 0.6 is 0 Å². The molecule has 1 fully saturated rings. The van der Waals surface area contributed by atoms with Crippen molar-refractivity contribution in [3.63, 3.8) is 0 Å². The van der Waals surface area contributed by atoms with Gasteiger partial charge in [-0.15, -0.1) is 0 Å². The number of aromatic nitrogens is 2. The summed E-state index contributed by atoms with van der Waals surface area (Å²) in [5, 5.41) is 13.0. The highest BCUT2D eigenvalue weighted by atomic mass is 16.4. The van der Waals surface area contributed by atoms with Crippen molar-refractivity contribution in [2.75, 3.05) is 11.4 Å². The average Bonchev–Trinajstić information content (AvgIpc) is 3.20. The zero-order valence-electron chi connectivity index (χ0n) is 12.6. The Labute approximate surface area is 119 Å². The average molecular weight is 281 g/mol.